The highest BCUT2D eigenvalue weighted by Gasteiger charge is 2.46. The first-order valence-corrected chi connectivity index (χ1v) is 10.3. The predicted molar refractivity (Wildman–Crippen MR) is 115 cm³/mol. The SMILES string of the molecule is COc1ccc(CNC(=O)c2cc3n(n2)[C@@H](C(F)(F)F)C[C@H](c2ccc(OC)cc2)N3)cc1. The molecule has 0 aliphatic carbocycles. The lowest BCUT2D eigenvalue weighted by molar-refractivity contribution is -0.173. The average Bonchev–Trinajstić information content (AvgIpc) is 3.26. The molecule has 33 heavy (non-hydrogen) atoms. The molecule has 10 heteroatoms. The molecule has 1 amide bonds. The number of methoxy groups -OCH3 is 2. The van der Waals surface area contributed by atoms with Crippen LogP contribution in [0.15, 0.2) is 54.6 Å². The number of nitrogens with one attached hydrogen (secondary N) is 2. The maximum absolute atomic E-state index is 13.8. The van der Waals surface area contributed by atoms with E-state index in [1.54, 1.807) is 55.6 Å². The minimum absolute atomic E-state index is 0.0874. The number of aromatic nitrogens is 2. The van der Waals surface area contributed by atoms with Gasteiger partial charge in [-0.25, -0.2) is 4.68 Å². The first-order chi connectivity index (χ1) is 15.8. The van der Waals surface area contributed by atoms with Crippen LogP contribution >= 0.6 is 0 Å². The van der Waals surface area contributed by atoms with E-state index < -0.39 is 24.2 Å². The third-order valence-corrected chi connectivity index (χ3v) is 5.55. The number of anilines is 1. The van der Waals surface area contributed by atoms with Crippen molar-refractivity contribution >= 4 is 11.7 Å². The molecule has 1 aromatic heterocycles. The molecule has 0 spiro atoms. The Bertz CT molecular complexity index is 1110. The maximum Gasteiger partial charge on any atom is 0.410 e. The van der Waals surface area contributed by atoms with E-state index >= 15 is 0 Å². The van der Waals surface area contributed by atoms with Crippen molar-refractivity contribution in [2.75, 3.05) is 19.5 Å². The van der Waals surface area contributed by atoms with Crippen LogP contribution in [-0.4, -0.2) is 36.1 Å². The quantitative estimate of drug-likeness (QED) is 0.567. The van der Waals surface area contributed by atoms with Gasteiger partial charge in [0, 0.05) is 19.0 Å². The summed E-state index contributed by atoms with van der Waals surface area (Å²) in [5.41, 5.74) is 1.41. The van der Waals surface area contributed by atoms with Crippen molar-refractivity contribution in [3.05, 3.63) is 71.4 Å². The number of carbonyl (C=O) groups excluding carboxylic acids is 1. The minimum Gasteiger partial charge on any atom is -0.497 e. The number of amides is 1. The van der Waals surface area contributed by atoms with Crippen LogP contribution in [-0.2, 0) is 6.54 Å². The lowest BCUT2D eigenvalue weighted by Gasteiger charge is -2.33. The van der Waals surface area contributed by atoms with Gasteiger partial charge in [0.15, 0.2) is 11.7 Å². The normalized spacial score (nSPS) is 17.6. The fraction of sp³-hybridized carbons (Fsp3) is 0.304. The summed E-state index contributed by atoms with van der Waals surface area (Å²) in [5, 5.41) is 9.75. The number of ether oxygens (including phenoxy) is 2. The Labute approximate surface area is 188 Å². The predicted octanol–water partition coefficient (Wildman–Crippen LogP) is 4.49. The van der Waals surface area contributed by atoms with Gasteiger partial charge >= 0.3 is 6.18 Å². The largest absolute Gasteiger partial charge is 0.497 e. The molecule has 7 nitrogen and oxygen atoms in total. The molecule has 1 aliphatic rings. The van der Waals surface area contributed by atoms with Crippen molar-refractivity contribution in [1.82, 2.24) is 15.1 Å². The summed E-state index contributed by atoms with van der Waals surface area (Å²) in [6.45, 7) is 0.204. The van der Waals surface area contributed by atoms with Gasteiger partial charge in [-0.1, -0.05) is 24.3 Å². The topological polar surface area (TPSA) is 77.4 Å². The summed E-state index contributed by atoms with van der Waals surface area (Å²) in [6, 6.07) is 12.8. The van der Waals surface area contributed by atoms with Gasteiger partial charge in [-0.15, -0.1) is 0 Å². The Hall–Kier alpha value is -3.69. The highest BCUT2D eigenvalue weighted by molar-refractivity contribution is 5.93. The Kier molecular flexibility index (Phi) is 6.17. The molecule has 1 aliphatic heterocycles. The second kappa shape index (κ2) is 9.05. The third kappa shape index (κ3) is 4.89. The molecule has 0 unspecified atom stereocenters. The first-order valence-electron chi connectivity index (χ1n) is 10.3. The molecule has 3 aromatic rings. The smallest absolute Gasteiger partial charge is 0.410 e. The molecular formula is C23H23F3N4O3. The molecular weight excluding hydrogens is 437 g/mol. The van der Waals surface area contributed by atoms with E-state index in [-0.39, 0.29) is 24.5 Å². The van der Waals surface area contributed by atoms with Crippen LogP contribution in [0.2, 0.25) is 0 Å². The van der Waals surface area contributed by atoms with Gasteiger partial charge in [0.05, 0.1) is 20.3 Å². The number of benzene rings is 2. The highest BCUT2D eigenvalue weighted by Crippen LogP contribution is 2.43. The fourth-order valence-corrected chi connectivity index (χ4v) is 3.76. The van der Waals surface area contributed by atoms with Crippen molar-refractivity contribution in [1.29, 1.82) is 0 Å². The van der Waals surface area contributed by atoms with Gasteiger partial charge in [-0.05, 0) is 35.4 Å². The molecule has 174 valence electrons. The molecule has 0 radical (unpaired) electrons. The molecule has 2 aromatic carbocycles. The number of carbonyl (C=O) groups is 1. The number of rotatable bonds is 6. The number of nitrogens with zero attached hydrogens (tertiary/aromatic N) is 2. The summed E-state index contributed by atoms with van der Waals surface area (Å²) in [7, 11) is 3.08. The van der Waals surface area contributed by atoms with Crippen molar-refractivity contribution in [2.45, 2.75) is 31.2 Å². The Balaban J connectivity index is 1.53. The average molecular weight is 460 g/mol. The summed E-state index contributed by atoms with van der Waals surface area (Å²) in [4.78, 5) is 12.6. The molecule has 0 saturated carbocycles. The summed E-state index contributed by atoms with van der Waals surface area (Å²) in [5.74, 6) is 0.876. The second-order valence-electron chi connectivity index (χ2n) is 7.65. The Morgan fingerprint density at radius 3 is 2.27 bits per heavy atom. The second-order valence-corrected chi connectivity index (χ2v) is 7.65. The monoisotopic (exact) mass is 460 g/mol. The van der Waals surface area contributed by atoms with E-state index in [9.17, 15) is 18.0 Å². The van der Waals surface area contributed by atoms with Gasteiger partial charge in [0.25, 0.3) is 5.91 Å². The Morgan fingerprint density at radius 1 is 1.09 bits per heavy atom. The van der Waals surface area contributed by atoms with Gasteiger partial charge in [-0.3, -0.25) is 4.79 Å². The van der Waals surface area contributed by atoms with E-state index in [0.717, 1.165) is 10.2 Å². The van der Waals surface area contributed by atoms with Gasteiger partial charge in [-0.2, -0.15) is 18.3 Å². The lowest BCUT2D eigenvalue weighted by Crippen LogP contribution is -2.35. The first kappa shape index (κ1) is 22.5. The van der Waals surface area contributed by atoms with Gasteiger partial charge in [0.1, 0.15) is 17.3 Å². The van der Waals surface area contributed by atoms with Gasteiger partial charge < -0.3 is 20.1 Å². The van der Waals surface area contributed by atoms with Crippen LogP contribution in [0, 0.1) is 0 Å². The zero-order valence-electron chi connectivity index (χ0n) is 18.0. The van der Waals surface area contributed by atoms with Crippen LogP contribution in [0.1, 0.15) is 40.1 Å². The number of hydrogen-bond donors (Lipinski definition) is 2. The van der Waals surface area contributed by atoms with Crippen LogP contribution in [0.4, 0.5) is 19.0 Å². The van der Waals surface area contributed by atoms with E-state index in [0.29, 0.717) is 17.1 Å². The Morgan fingerprint density at radius 2 is 1.70 bits per heavy atom. The van der Waals surface area contributed by atoms with E-state index in [4.69, 9.17) is 9.47 Å². The molecule has 2 heterocycles. The third-order valence-electron chi connectivity index (χ3n) is 5.55. The number of alkyl halides is 3. The number of fused-ring (bicyclic) bond motifs is 1. The summed E-state index contributed by atoms with van der Waals surface area (Å²) < 4.78 is 52.6. The number of halogens is 3. The van der Waals surface area contributed by atoms with Crippen molar-refractivity contribution in [2.24, 2.45) is 0 Å². The minimum atomic E-state index is -4.52. The number of hydrogen-bond acceptors (Lipinski definition) is 5. The molecule has 0 fully saturated rings. The zero-order chi connectivity index (χ0) is 23.6. The van der Waals surface area contributed by atoms with Crippen molar-refractivity contribution < 1.29 is 27.4 Å². The van der Waals surface area contributed by atoms with E-state index in [1.807, 2.05) is 0 Å². The molecule has 2 atom stereocenters. The van der Waals surface area contributed by atoms with E-state index in [1.165, 1.54) is 13.2 Å². The van der Waals surface area contributed by atoms with Gasteiger partial charge in [0.2, 0.25) is 0 Å². The summed E-state index contributed by atoms with van der Waals surface area (Å²) >= 11 is 0. The van der Waals surface area contributed by atoms with Crippen molar-refractivity contribution in [3.8, 4) is 11.5 Å². The maximum atomic E-state index is 13.8. The lowest BCUT2D eigenvalue weighted by atomic mass is 9.97. The highest BCUT2D eigenvalue weighted by atomic mass is 19.4. The fourth-order valence-electron chi connectivity index (χ4n) is 3.76. The van der Waals surface area contributed by atoms with E-state index in [2.05, 4.69) is 15.7 Å². The van der Waals surface area contributed by atoms with Crippen LogP contribution < -0.4 is 20.1 Å². The summed E-state index contributed by atoms with van der Waals surface area (Å²) in [6.07, 6.45) is -4.78. The molecule has 2 N–H and O–H groups in total. The van der Waals surface area contributed by atoms with Crippen LogP contribution in [0.5, 0.6) is 11.5 Å². The van der Waals surface area contributed by atoms with Crippen molar-refractivity contribution in [3.63, 3.8) is 0 Å². The molecule has 4 rings (SSSR count). The molecule has 0 saturated heterocycles. The van der Waals surface area contributed by atoms with Crippen LogP contribution in [0.25, 0.3) is 0 Å². The zero-order valence-corrected chi connectivity index (χ0v) is 18.0. The molecule has 0 bridgehead atoms. The standard InChI is InChI=1S/C23H23F3N4O3/c1-32-16-7-3-14(4-8-16)13-27-22(31)19-12-21-28-18(15-5-9-17(33-2)10-6-15)11-20(23(24,25)26)30(21)29-19/h3-10,12,18,20,28H,11,13H2,1-2H3,(H,27,31)/t18-,20-/m1/s1. The van der Waals surface area contributed by atoms with Crippen LogP contribution in [0.3, 0.4) is 0 Å².